The van der Waals surface area contributed by atoms with E-state index in [0.717, 1.165) is 8.66 Å². The molecule has 1 unspecified atom stereocenters. The van der Waals surface area contributed by atoms with E-state index in [1.807, 2.05) is 0 Å². The van der Waals surface area contributed by atoms with E-state index in [0.29, 0.717) is 0 Å². The summed E-state index contributed by atoms with van der Waals surface area (Å²) < 4.78 is 40.2. The van der Waals surface area contributed by atoms with E-state index in [-0.39, 0.29) is 26.1 Å². The minimum atomic E-state index is -4.53. The van der Waals surface area contributed by atoms with Crippen LogP contribution in [0.2, 0.25) is 0 Å². The summed E-state index contributed by atoms with van der Waals surface area (Å²) >= 11 is 4.65. The molecule has 1 aromatic heterocycles. The smallest absolute Gasteiger partial charge is 0.350 e. The molecular formula is C11H12BrF3N2OS. The van der Waals surface area contributed by atoms with Crippen LogP contribution < -0.4 is 10.6 Å². The number of rotatable bonds is 3. The van der Waals surface area contributed by atoms with Crippen LogP contribution in [0.25, 0.3) is 0 Å². The Morgan fingerprint density at radius 2 is 2.26 bits per heavy atom. The Labute approximate surface area is 120 Å². The summed E-state index contributed by atoms with van der Waals surface area (Å²) in [5.74, 6) is -0.950. The van der Waals surface area contributed by atoms with Crippen molar-refractivity contribution in [3.63, 3.8) is 0 Å². The molecular weight excluding hydrogens is 345 g/mol. The minimum Gasteiger partial charge on any atom is -0.350 e. The molecule has 1 saturated heterocycles. The molecule has 3 nitrogen and oxygen atoms in total. The fraction of sp³-hybridized carbons (Fsp3) is 0.545. The highest BCUT2D eigenvalue weighted by Crippen LogP contribution is 2.43. The molecule has 0 bridgehead atoms. The van der Waals surface area contributed by atoms with Gasteiger partial charge in [-0.25, -0.2) is 0 Å². The fourth-order valence-electron chi connectivity index (χ4n) is 2.04. The van der Waals surface area contributed by atoms with Crippen molar-refractivity contribution >= 4 is 33.2 Å². The number of amides is 1. The second kappa shape index (κ2) is 5.41. The third kappa shape index (κ3) is 2.95. The van der Waals surface area contributed by atoms with Gasteiger partial charge in [0.25, 0.3) is 0 Å². The first kappa shape index (κ1) is 14.8. The highest BCUT2D eigenvalue weighted by atomic mass is 79.9. The Bertz CT molecular complexity index is 469. The maximum atomic E-state index is 13.1. The van der Waals surface area contributed by atoms with Crippen molar-refractivity contribution in [2.45, 2.75) is 19.1 Å². The second-order valence-electron chi connectivity index (χ2n) is 4.40. The van der Waals surface area contributed by atoms with E-state index in [4.69, 9.17) is 0 Å². The Balaban J connectivity index is 2.05. The van der Waals surface area contributed by atoms with Gasteiger partial charge in [0.1, 0.15) is 0 Å². The average Bonchev–Trinajstić information content (AvgIpc) is 2.94. The molecule has 1 atom stereocenters. The topological polar surface area (TPSA) is 41.1 Å². The molecule has 0 aromatic carbocycles. The lowest BCUT2D eigenvalue weighted by molar-refractivity contribution is -0.216. The van der Waals surface area contributed by atoms with E-state index in [1.54, 1.807) is 12.1 Å². The Hall–Kier alpha value is -0.600. The summed E-state index contributed by atoms with van der Waals surface area (Å²) in [6.45, 7) is -0.0269. The van der Waals surface area contributed by atoms with Crippen molar-refractivity contribution in [2.24, 2.45) is 5.41 Å². The molecule has 0 radical (unpaired) electrons. The molecule has 0 spiro atoms. The van der Waals surface area contributed by atoms with Gasteiger partial charge in [0.15, 0.2) is 5.41 Å². The fourth-order valence-corrected chi connectivity index (χ4v) is 3.46. The Morgan fingerprint density at radius 3 is 2.74 bits per heavy atom. The van der Waals surface area contributed by atoms with Gasteiger partial charge >= 0.3 is 6.18 Å². The monoisotopic (exact) mass is 356 g/mol. The molecule has 0 aliphatic carbocycles. The zero-order valence-corrected chi connectivity index (χ0v) is 12.2. The van der Waals surface area contributed by atoms with Crippen LogP contribution in [0, 0.1) is 5.41 Å². The molecule has 1 fully saturated rings. The molecule has 1 amide bonds. The van der Waals surface area contributed by atoms with Gasteiger partial charge in [-0.1, -0.05) is 0 Å². The van der Waals surface area contributed by atoms with Crippen LogP contribution in [0.15, 0.2) is 15.9 Å². The average molecular weight is 357 g/mol. The maximum Gasteiger partial charge on any atom is 0.404 e. The molecule has 1 aromatic rings. The summed E-state index contributed by atoms with van der Waals surface area (Å²) in [6.07, 6.45) is -4.74. The van der Waals surface area contributed by atoms with Gasteiger partial charge in [-0.2, -0.15) is 13.2 Å². The highest BCUT2D eigenvalue weighted by Gasteiger charge is 2.61. The Morgan fingerprint density at radius 1 is 1.53 bits per heavy atom. The van der Waals surface area contributed by atoms with Crippen molar-refractivity contribution in [2.75, 3.05) is 13.1 Å². The predicted molar refractivity (Wildman–Crippen MR) is 69.8 cm³/mol. The van der Waals surface area contributed by atoms with Crippen LogP contribution in [0.4, 0.5) is 13.2 Å². The molecule has 2 heterocycles. The predicted octanol–water partition coefficient (Wildman–Crippen LogP) is 2.67. The van der Waals surface area contributed by atoms with Crippen LogP contribution in [-0.2, 0) is 11.3 Å². The van der Waals surface area contributed by atoms with Gasteiger partial charge in [0.05, 0.1) is 10.3 Å². The van der Waals surface area contributed by atoms with Gasteiger partial charge in [0.2, 0.25) is 5.91 Å². The summed E-state index contributed by atoms with van der Waals surface area (Å²) in [6, 6.07) is 3.56. The molecule has 8 heteroatoms. The van der Waals surface area contributed by atoms with Gasteiger partial charge in [0, 0.05) is 11.4 Å². The van der Waals surface area contributed by atoms with Gasteiger partial charge in [-0.05, 0) is 41.0 Å². The Kier molecular flexibility index (Phi) is 4.22. The van der Waals surface area contributed by atoms with E-state index in [1.165, 1.54) is 11.3 Å². The number of carbonyl (C=O) groups excluding carboxylic acids is 1. The van der Waals surface area contributed by atoms with Crippen molar-refractivity contribution in [3.05, 3.63) is 20.8 Å². The van der Waals surface area contributed by atoms with Crippen molar-refractivity contribution < 1.29 is 18.0 Å². The molecule has 2 rings (SSSR count). The lowest BCUT2D eigenvalue weighted by Crippen LogP contribution is -2.51. The molecule has 106 valence electrons. The maximum absolute atomic E-state index is 13.1. The first-order valence-corrected chi connectivity index (χ1v) is 7.26. The van der Waals surface area contributed by atoms with E-state index < -0.39 is 17.5 Å². The van der Waals surface area contributed by atoms with Crippen molar-refractivity contribution in [1.82, 2.24) is 10.6 Å². The van der Waals surface area contributed by atoms with E-state index in [9.17, 15) is 18.0 Å². The number of hydrogen-bond acceptors (Lipinski definition) is 3. The van der Waals surface area contributed by atoms with Crippen molar-refractivity contribution in [1.29, 1.82) is 0 Å². The van der Waals surface area contributed by atoms with Crippen LogP contribution in [0.1, 0.15) is 11.3 Å². The molecule has 2 N–H and O–H groups in total. The highest BCUT2D eigenvalue weighted by molar-refractivity contribution is 9.11. The van der Waals surface area contributed by atoms with Crippen LogP contribution in [-0.4, -0.2) is 25.2 Å². The largest absolute Gasteiger partial charge is 0.404 e. The number of hydrogen-bond donors (Lipinski definition) is 2. The lowest BCUT2D eigenvalue weighted by Gasteiger charge is -2.29. The summed E-state index contributed by atoms with van der Waals surface area (Å²) in [4.78, 5) is 12.7. The third-order valence-electron chi connectivity index (χ3n) is 3.18. The number of nitrogens with one attached hydrogen (secondary N) is 2. The summed E-state index contributed by atoms with van der Waals surface area (Å²) in [5, 5.41) is 5.01. The van der Waals surface area contributed by atoms with Crippen LogP contribution in [0.5, 0.6) is 0 Å². The molecule has 0 saturated carbocycles. The van der Waals surface area contributed by atoms with Gasteiger partial charge < -0.3 is 10.6 Å². The zero-order chi connectivity index (χ0) is 14.1. The van der Waals surface area contributed by atoms with Crippen molar-refractivity contribution in [3.8, 4) is 0 Å². The molecule has 1 aliphatic heterocycles. The summed E-state index contributed by atoms with van der Waals surface area (Å²) in [5.41, 5.74) is -2.29. The van der Waals surface area contributed by atoms with E-state index in [2.05, 4.69) is 26.6 Å². The minimum absolute atomic E-state index is 0.118. The number of carbonyl (C=O) groups is 1. The number of thiophene rings is 1. The first-order valence-electron chi connectivity index (χ1n) is 5.65. The number of alkyl halides is 3. The van der Waals surface area contributed by atoms with Crippen LogP contribution >= 0.6 is 27.3 Å². The zero-order valence-electron chi connectivity index (χ0n) is 9.81. The quantitative estimate of drug-likeness (QED) is 0.874. The van der Waals surface area contributed by atoms with E-state index >= 15 is 0 Å². The third-order valence-corrected chi connectivity index (χ3v) is 4.81. The second-order valence-corrected chi connectivity index (χ2v) is 6.94. The van der Waals surface area contributed by atoms with Gasteiger partial charge in [-0.15, -0.1) is 11.3 Å². The first-order chi connectivity index (χ1) is 8.85. The van der Waals surface area contributed by atoms with Gasteiger partial charge in [-0.3, -0.25) is 4.79 Å². The lowest BCUT2D eigenvalue weighted by atomic mass is 9.85. The molecule has 1 aliphatic rings. The normalized spacial score (nSPS) is 23.6. The summed E-state index contributed by atoms with van der Waals surface area (Å²) in [7, 11) is 0. The van der Waals surface area contributed by atoms with Crippen LogP contribution in [0.3, 0.4) is 0 Å². The molecule has 19 heavy (non-hydrogen) atoms. The standard InChI is InChI=1S/C11H12BrF3N2OS/c12-8-2-1-7(19-8)5-17-9(18)10(11(13,14)15)3-4-16-6-10/h1-2,16H,3-6H2,(H,17,18). The number of halogens is 4. The SMILES string of the molecule is O=C(NCc1ccc(Br)s1)C1(C(F)(F)F)CCNC1.